The van der Waals surface area contributed by atoms with E-state index in [1.54, 1.807) is 25.1 Å². The lowest BCUT2D eigenvalue weighted by Gasteiger charge is -2.37. The SMILES string of the molecule is CC[C@H]1CN(C(=O)c2ccc3c(c2)OCCN3C)c2ccc(C(O)(C(F)(F)F)C(F)(F)F)cc2S1. The van der Waals surface area contributed by atoms with Gasteiger partial charge in [-0.3, -0.25) is 4.79 Å². The van der Waals surface area contributed by atoms with Crippen molar-refractivity contribution in [3.05, 3.63) is 47.5 Å². The number of alkyl halides is 6. The van der Waals surface area contributed by atoms with E-state index in [9.17, 15) is 36.2 Å². The van der Waals surface area contributed by atoms with Crippen molar-refractivity contribution in [2.75, 3.05) is 36.5 Å². The summed E-state index contributed by atoms with van der Waals surface area (Å²) in [6, 6.07) is 7.18. The third-order valence-corrected chi connectivity index (χ3v) is 7.57. The Morgan fingerprint density at radius 1 is 1.09 bits per heavy atom. The third kappa shape index (κ3) is 4.31. The summed E-state index contributed by atoms with van der Waals surface area (Å²) in [6.45, 7) is 3.14. The molecule has 0 bridgehead atoms. The summed E-state index contributed by atoms with van der Waals surface area (Å²) in [5.41, 5.74) is -5.13. The second-order valence-corrected chi connectivity index (χ2v) is 9.75. The van der Waals surface area contributed by atoms with Crippen LogP contribution in [0.2, 0.25) is 0 Å². The van der Waals surface area contributed by atoms with E-state index in [2.05, 4.69) is 0 Å². The number of nitrogens with zero attached hydrogens (tertiary/aromatic N) is 2. The van der Waals surface area contributed by atoms with Gasteiger partial charge in [0, 0.05) is 34.9 Å². The summed E-state index contributed by atoms with van der Waals surface area (Å²) in [7, 11) is 1.88. The number of hydrogen-bond donors (Lipinski definition) is 1. The first-order valence-electron chi connectivity index (χ1n) is 10.7. The molecule has 1 amide bonds. The first-order valence-corrected chi connectivity index (χ1v) is 11.6. The molecule has 5 nitrogen and oxygen atoms in total. The zero-order chi connectivity index (χ0) is 25.8. The normalized spacial score (nSPS) is 18.6. The van der Waals surface area contributed by atoms with Gasteiger partial charge in [-0.2, -0.15) is 26.3 Å². The van der Waals surface area contributed by atoms with Gasteiger partial charge in [0.2, 0.25) is 0 Å². The number of thioether (sulfide) groups is 1. The molecule has 0 saturated heterocycles. The van der Waals surface area contributed by atoms with Crippen molar-refractivity contribution in [2.24, 2.45) is 0 Å². The van der Waals surface area contributed by atoms with E-state index in [4.69, 9.17) is 4.74 Å². The van der Waals surface area contributed by atoms with Gasteiger partial charge in [0.15, 0.2) is 0 Å². The lowest BCUT2D eigenvalue weighted by Crippen LogP contribution is -2.54. The average molecular weight is 520 g/mol. The zero-order valence-corrected chi connectivity index (χ0v) is 19.5. The molecule has 35 heavy (non-hydrogen) atoms. The van der Waals surface area contributed by atoms with Gasteiger partial charge in [-0.15, -0.1) is 11.8 Å². The van der Waals surface area contributed by atoms with Gasteiger partial charge in [-0.25, -0.2) is 0 Å². The Hall–Kier alpha value is -2.60. The van der Waals surface area contributed by atoms with Crippen LogP contribution in [-0.4, -0.2) is 55.4 Å². The standard InChI is InChI=1S/C23H22F6N2O3S/c1-3-15-12-31(20(32)13-4-6-16-18(10-13)34-9-8-30(16)2)17-7-5-14(11-19(17)35-15)21(33,22(24,25)26)23(27,28)29/h4-7,10-11,15,33H,3,8-9,12H2,1-2H3/t15-/m0/s1. The number of hydrogen-bond acceptors (Lipinski definition) is 5. The van der Waals surface area contributed by atoms with Crippen LogP contribution < -0.4 is 14.5 Å². The minimum absolute atomic E-state index is 0.0508. The Bertz CT molecular complexity index is 1120. The Balaban J connectivity index is 1.76. The molecule has 2 heterocycles. The van der Waals surface area contributed by atoms with E-state index < -0.39 is 29.4 Å². The summed E-state index contributed by atoms with van der Waals surface area (Å²) in [4.78, 5) is 16.8. The predicted octanol–water partition coefficient (Wildman–Crippen LogP) is 5.36. The lowest BCUT2D eigenvalue weighted by molar-refractivity contribution is -0.376. The quantitative estimate of drug-likeness (QED) is 0.553. The van der Waals surface area contributed by atoms with Crippen LogP contribution in [-0.2, 0) is 5.60 Å². The minimum Gasteiger partial charge on any atom is -0.490 e. The van der Waals surface area contributed by atoms with Crippen LogP contribution in [0.1, 0.15) is 29.3 Å². The average Bonchev–Trinajstić information content (AvgIpc) is 2.80. The molecule has 2 aliphatic heterocycles. The van der Waals surface area contributed by atoms with Crippen molar-refractivity contribution < 1.29 is 41.0 Å². The number of rotatable bonds is 3. The van der Waals surface area contributed by atoms with E-state index in [-0.39, 0.29) is 27.9 Å². The maximum absolute atomic E-state index is 13.4. The van der Waals surface area contributed by atoms with Crippen LogP contribution in [0.5, 0.6) is 5.75 Å². The van der Waals surface area contributed by atoms with Crippen molar-refractivity contribution in [3.63, 3.8) is 0 Å². The van der Waals surface area contributed by atoms with Crippen LogP contribution in [0.15, 0.2) is 41.3 Å². The second kappa shape index (κ2) is 8.81. The molecule has 0 unspecified atom stereocenters. The fourth-order valence-electron chi connectivity index (χ4n) is 4.12. The Labute approximate surface area is 201 Å². The Kier molecular flexibility index (Phi) is 6.41. The summed E-state index contributed by atoms with van der Waals surface area (Å²) >= 11 is 1.08. The Morgan fingerprint density at radius 3 is 2.37 bits per heavy atom. The zero-order valence-electron chi connectivity index (χ0n) is 18.7. The number of halogens is 6. The largest absolute Gasteiger partial charge is 0.490 e. The Morgan fingerprint density at radius 2 is 1.74 bits per heavy atom. The van der Waals surface area contributed by atoms with Crippen LogP contribution in [0.25, 0.3) is 0 Å². The summed E-state index contributed by atoms with van der Waals surface area (Å²) in [6.07, 6.45) is -11.5. The highest BCUT2D eigenvalue weighted by Gasteiger charge is 2.71. The number of likely N-dealkylation sites (N-methyl/N-ethyl adjacent to an activating group) is 1. The van der Waals surface area contributed by atoms with Gasteiger partial charge in [0.25, 0.3) is 11.5 Å². The minimum atomic E-state index is -5.99. The number of amides is 1. The summed E-state index contributed by atoms with van der Waals surface area (Å²) in [5, 5.41) is 9.54. The number of carbonyl (C=O) groups is 1. The molecule has 0 aliphatic carbocycles. The highest BCUT2D eigenvalue weighted by molar-refractivity contribution is 8.00. The van der Waals surface area contributed by atoms with Gasteiger partial charge < -0.3 is 19.6 Å². The molecule has 0 fully saturated rings. The van der Waals surface area contributed by atoms with Gasteiger partial charge in [0.1, 0.15) is 12.4 Å². The molecule has 4 rings (SSSR count). The van der Waals surface area contributed by atoms with Crippen molar-refractivity contribution in [3.8, 4) is 5.75 Å². The van der Waals surface area contributed by atoms with Gasteiger partial charge in [-0.1, -0.05) is 13.0 Å². The molecule has 0 spiro atoms. The maximum atomic E-state index is 13.4. The third-order valence-electron chi connectivity index (χ3n) is 6.17. The fourth-order valence-corrected chi connectivity index (χ4v) is 5.36. The van der Waals surface area contributed by atoms with Crippen LogP contribution >= 0.6 is 11.8 Å². The number of benzene rings is 2. The van der Waals surface area contributed by atoms with Crippen molar-refractivity contribution >= 4 is 29.0 Å². The number of anilines is 2. The van der Waals surface area contributed by atoms with E-state index >= 15 is 0 Å². The highest BCUT2D eigenvalue weighted by atomic mass is 32.2. The number of carbonyl (C=O) groups excluding carboxylic acids is 1. The molecule has 2 aromatic rings. The molecule has 1 atom stereocenters. The summed E-state index contributed by atoms with van der Waals surface area (Å²) in [5.74, 6) is 0.0540. The molecule has 0 aromatic heterocycles. The monoisotopic (exact) mass is 520 g/mol. The van der Waals surface area contributed by atoms with Gasteiger partial charge in [0.05, 0.1) is 17.9 Å². The van der Waals surface area contributed by atoms with Crippen LogP contribution in [0, 0.1) is 0 Å². The molecule has 0 saturated carbocycles. The molecule has 190 valence electrons. The molecular weight excluding hydrogens is 498 g/mol. The molecule has 2 aromatic carbocycles. The first-order chi connectivity index (χ1) is 16.3. The van der Waals surface area contributed by atoms with E-state index in [1.807, 2.05) is 11.9 Å². The van der Waals surface area contributed by atoms with E-state index in [0.29, 0.717) is 37.5 Å². The van der Waals surface area contributed by atoms with E-state index in [1.165, 1.54) is 4.90 Å². The van der Waals surface area contributed by atoms with Crippen LogP contribution in [0.3, 0.4) is 0 Å². The number of ether oxygens (including phenoxy) is 1. The molecular formula is C23H22F6N2O3S. The van der Waals surface area contributed by atoms with E-state index in [0.717, 1.165) is 23.5 Å². The molecule has 1 N–H and O–H groups in total. The molecule has 12 heteroatoms. The smallest absolute Gasteiger partial charge is 0.430 e. The number of fused-ring (bicyclic) bond motifs is 2. The molecule has 2 aliphatic rings. The lowest BCUT2D eigenvalue weighted by atomic mass is 9.92. The van der Waals surface area contributed by atoms with Crippen molar-refractivity contribution in [1.82, 2.24) is 0 Å². The highest BCUT2D eigenvalue weighted by Crippen LogP contribution is 2.52. The van der Waals surface area contributed by atoms with Crippen molar-refractivity contribution in [2.45, 2.75) is 41.4 Å². The molecule has 0 radical (unpaired) electrons. The van der Waals surface area contributed by atoms with Gasteiger partial charge in [-0.05, 0) is 36.8 Å². The van der Waals surface area contributed by atoms with Crippen LogP contribution in [0.4, 0.5) is 37.7 Å². The summed E-state index contributed by atoms with van der Waals surface area (Å²) < 4.78 is 86.0. The van der Waals surface area contributed by atoms with Crippen molar-refractivity contribution in [1.29, 1.82) is 0 Å². The van der Waals surface area contributed by atoms with Gasteiger partial charge >= 0.3 is 12.4 Å². The maximum Gasteiger partial charge on any atom is 0.430 e. The first kappa shape index (κ1) is 25.5. The fraction of sp³-hybridized carbons (Fsp3) is 0.435. The second-order valence-electron chi connectivity index (χ2n) is 8.40. The topological polar surface area (TPSA) is 53.0 Å². The number of aliphatic hydroxyl groups is 1. The predicted molar refractivity (Wildman–Crippen MR) is 119 cm³/mol.